The summed E-state index contributed by atoms with van der Waals surface area (Å²) in [5.74, 6) is 0.872. The average molecular weight is 265 g/mol. The summed E-state index contributed by atoms with van der Waals surface area (Å²) in [5, 5.41) is 13.4. The van der Waals surface area contributed by atoms with Crippen LogP contribution in [0.25, 0.3) is 21.2 Å². The number of nitriles is 1. The smallest absolute Gasteiger partial charge is 0.119 e. The lowest BCUT2D eigenvalue weighted by atomic mass is 10.1. The summed E-state index contributed by atoms with van der Waals surface area (Å²) in [6, 6.07) is 15.9. The quantitative estimate of drug-likeness (QED) is 0.686. The molecule has 2 aromatic carbocycles. The van der Waals surface area contributed by atoms with Crippen molar-refractivity contribution in [3.63, 3.8) is 0 Å². The van der Waals surface area contributed by atoms with Crippen molar-refractivity contribution in [1.82, 2.24) is 0 Å². The first-order chi connectivity index (χ1) is 9.31. The molecule has 1 heterocycles. The molecule has 0 aliphatic carbocycles. The van der Waals surface area contributed by atoms with Crippen LogP contribution in [-0.2, 0) is 0 Å². The van der Waals surface area contributed by atoms with E-state index in [1.807, 2.05) is 36.4 Å². The van der Waals surface area contributed by atoms with Gasteiger partial charge in [-0.25, -0.2) is 0 Å². The van der Waals surface area contributed by atoms with E-state index in [-0.39, 0.29) is 0 Å². The Morgan fingerprint density at radius 3 is 2.58 bits per heavy atom. The van der Waals surface area contributed by atoms with Crippen LogP contribution >= 0.6 is 11.3 Å². The van der Waals surface area contributed by atoms with Crippen LogP contribution in [0.15, 0.2) is 47.8 Å². The lowest BCUT2D eigenvalue weighted by Crippen LogP contribution is -1.81. The Bertz CT molecular complexity index is 766. The summed E-state index contributed by atoms with van der Waals surface area (Å²) < 4.78 is 5.24. The number of thiophene rings is 1. The zero-order valence-electron chi connectivity index (χ0n) is 10.4. The molecule has 0 radical (unpaired) electrons. The van der Waals surface area contributed by atoms with Crippen LogP contribution in [0.3, 0.4) is 0 Å². The maximum Gasteiger partial charge on any atom is 0.119 e. The van der Waals surface area contributed by atoms with E-state index in [4.69, 9.17) is 10.00 Å². The third-order valence-electron chi connectivity index (χ3n) is 3.08. The second kappa shape index (κ2) is 4.75. The van der Waals surface area contributed by atoms with Crippen LogP contribution in [0.1, 0.15) is 5.56 Å². The van der Waals surface area contributed by atoms with E-state index < -0.39 is 0 Å². The highest BCUT2D eigenvalue weighted by Gasteiger charge is 2.07. The Morgan fingerprint density at radius 2 is 1.89 bits per heavy atom. The van der Waals surface area contributed by atoms with Crippen molar-refractivity contribution in [3.05, 3.63) is 53.4 Å². The highest BCUT2D eigenvalue weighted by molar-refractivity contribution is 7.15. The highest BCUT2D eigenvalue weighted by Crippen LogP contribution is 2.36. The lowest BCUT2D eigenvalue weighted by Gasteiger charge is -2.02. The molecule has 0 aliphatic rings. The first kappa shape index (κ1) is 11.8. The van der Waals surface area contributed by atoms with E-state index in [0.717, 1.165) is 11.3 Å². The van der Waals surface area contributed by atoms with Gasteiger partial charge in [-0.1, -0.05) is 12.1 Å². The molecule has 0 N–H and O–H groups in total. The summed E-state index contributed by atoms with van der Waals surface area (Å²) in [6.07, 6.45) is 0. The Hall–Kier alpha value is -2.31. The average Bonchev–Trinajstić information content (AvgIpc) is 2.90. The highest BCUT2D eigenvalue weighted by atomic mass is 32.1. The maximum absolute atomic E-state index is 8.83. The minimum Gasteiger partial charge on any atom is -0.497 e. The van der Waals surface area contributed by atoms with Gasteiger partial charge in [0, 0.05) is 10.3 Å². The molecule has 3 heteroatoms. The van der Waals surface area contributed by atoms with E-state index in [2.05, 4.69) is 17.5 Å². The predicted molar refractivity (Wildman–Crippen MR) is 78.5 cm³/mol. The van der Waals surface area contributed by atoms with Gasteiger partial charge in [-0.05, 0) is 46.7 Å². The van der Waals surface area contributed by atoms with Gasteiger partial charge in [0.25, 0.3) is 0 Å². The number of rotatable bonds is 2. The minimum absolute atomic E-state index is 0.686. The molecule has 19 heavy (non-hydrogen) atoms. The van der Waals surface area contributed by atoms with Crippen LogP contribution in [0.5, 0.6) is 5.75 Å². The number of fused-ring (bicyclic) bond motifs is 1. The second-order valence-corrected chi connectivity index (χ2v) is 5.09. The summed E-state index contributed by atoms with van der Waals surface area (Å²) in [7, 11) is 1.68. The molecular formula is C16H11NOS. The molecule has 3 rings (SSSR count). The zero-order valence-corrected chi connectivity index (χ0v) is 11.2. The van der Waals surface area contributed by atoms with Crippen molar-refractivity contribution in [2.75, 3.05) is 7.11 Å². The van der Waals surface area contributed by atoms with E-state index in [1.165, 1.54) is 15.6 Å². The largest absolute Gasteiger partial charge is 0.497 e. The topological polar surface area (TPSA) is 33.0 Å². The molecule has 0 bridgehead atoms. The molecule has 0 atom stereocenters. The fraction of sp³-hybridized carbons (Fsp3) is 0.0625. The van der Waals surface area contributed by atoms with Crippen LogP contribution in [0, 0.1) is 11.3 Å². The Morgan fingerprint density at radius 1 is 1.11 bits per heavy atom. The lowest BCUT2D eigenvalue weighted by molar-refractivity contribution is 0.415. The second-order valence-electron chi connectivity index (χ2n) is 4.21. The molecule has 0 saturated carbocycles. The van der Waals surface area contributed by atoms with Crippen molar-refractivity contribution in [2.45, 2.75) is 0 Å². The third-order valence-corrected chi connectivity index (χ3v) is 4.15. The third kappa shape index (κ3) is 2.07. The van der Waals surface area contributed by atoms with Crippen molar-refractivity contribution in [2.24, 2.45) is 0 Å². The van der Waals surface area contributed by atoms with E-state index in [0.29, 0.717) is 5.56 Å². The van der Waals surface area contributed by atoms with E-state index in [1.54, 1.807) is 18.4 Å². The molecule has 0 spiro atoms. The minimum atomic E-state index is 0.686. The summed E-state index contributed by atoms with van der Waals surface area (Å²) >= 11 is 1.71. The number of nitrogens with zero attached hydrogens (tertiary/aromatic N) is 1. The fourth-order valence-electron chi connectivity index (χ4n) is 2.08. The molecule has 0 fully saturated rings. The summed E-state index contributed by atoms with van der Waals surface area (Å²) in [6.45, 7) is 0. The Kier molecular flexibility index (Phi) is 2.94. The molecule has 92 valence electrons. The predicted octanol–water partition coefficient (Wildman–Crippen LogP) is 4.45. The van der Waals surface area contributed by atoms with Gasteiger partial charge in [0.15, 0.2) is 0 Å². The van der Waals surface area contributed by atoms with Crippen LogP contribution in [0.4, 0.5) is 0 Å². The molecule has 1 aromatic heterocycles. The monoisotopic (exact) mass is 265 g/mol. The number of ether oxygens (including phenoxy) is 1. The summed E-state index contributed by atoms with van der Waals surface area (Å²) in [5.41, 5.74) is 1.83. The molecule has 0 unspecified atom stereocenters. The first-order valence-electron chi connectivity index (χ1n) is 5.87. The van der Waals surface area contributed by atoms with Crippen LogP contribution in [0.2, 0.25) is 0 Å². The van der Waals surface area contributed by atoms with Gasteiger partial charge in [0.2, 0.25) is 0 Å². The molecule has 0 aliphatic heterocycles. The van der Waals surface area contributed by atoms with Gasteiger partial charge >= 0.3 is 0 Å². The normalized spacial score (nSPS) is 10.3. The Labute approximate surface area is 115 Å². The van der Waals surface area contributed by atoms with Crippen LogP contribution in [-0.4, -0.2) is 7.11 Å². The SMILES string of the molecule is COc1ccc2c(-c3ccc(C#N)cc3)scc2c1. The van der Waals surface area contributed by atoms with Crippen molar-refractivity contribution < 1.29 is 4.74 Å². The Balaban J connectivity index is 2.12. The molecular weight excluding hydrogens is 254 g/mol. The molecule has 3 aromatic rings. The number of methoxy groups -OCH3 is 1. The van der Waals surface area contributed by atoms with Gasteiger partial charge in [-0.15, -0.1) is 11.3 Å². The number of hydrogen-bond acceptors (Lipinski definition) is 3. The number of benzene rings is 2. The molecule has 0 amide bonds. The fourth-order valence-corrected chi connectivity index (χ4v) is 3.10. The van der Waals surface area contributed by atoms with Gasteiger partial charge in [-0.3, -0.25) is 0 Å². The van der Waals surface area contributed by atoms with Gasteiger partial charge < -0.3 is 4.74 Å². The van der Waals surface area contributed by atoms with Gasteiger partial charge in [0.1, 0.15) is 5.75 Å². The van der Waals surface area contributed by atoms with Crippen molar-refractivity contribution >= 4 is 22.1 Å². The number of hydrogen-bond donors (Lipinski definition) is 0. The zero-order chi connectivity index (χ0) is 13.2. The first-order valence-corrected chi connectivity index (χ1v) is 6.75. The standard InChI is InChI=1S/C16H11NOS/c1-18-14-6-7-15-13(8-14)10-19-16(15)12-4-2-11(9-17)3-5-12/h2-8,10H,1H3. The van der Waals surface area contributed by atoms with Crippen molar-refractivity contribution in [3.8, 4) is 22.3 Å². The van der Waals surface area contributed by atoms with Gasteiger partial charge in [-0.2, -0.15) is 5.26 Å². The summed E-state index contributed by atoms with van der Waals surface area (Å²) in [4.78, 5) is 1.22. The molecule has 0 saturated heterocycles. The molecule has 2 nitrogen and oxygen atoms in total. The van der Waals surface area contributed by atoms with E-state index >= 15 is 0 Å². The van der Waals surface area contributed by atoms with Crippen molar-refractivity contribution in [1.29, 1.82) is 5.26 Å². The van der Waals surface area contributed by atoms with Gasteiger partial charge in [0.05, 0.1) is 18.7 Å². The van der Waals surface area contributed by atoms with Crippen LogP contribution < -0.4 is 4.74 Å². The maximum atomic E-state index is 8.83. The van der Waals surface area contributed by atoms with E-state index in [9.17, 15) is 0 Å².